The molecule has 84 valence electrons. The molecule has 0 N–H and O–H groups in total. The maximum absolute atomic E-state index is 12.6. The summed E-state index contributed by atoms with van der Waals surface area (Å²) in [6.45, 7) is 1.82. The normalized spacial score (nSPS) is 23.2. The summed E-state index contributed by atoms with van der Waals surface area (Å²) in [7, 11) is -2.08. The van der Waals surface area contributed by atoms with E-state index >= 15 is 0 Å². The zero-order chi connectivity index (χ0) is 11.0. The van der Waals surface area contributed by atoms with E-state index in [2.05, 4.69) is 41.1 Å². The first-order valence-electron chi connectivity index (χ1n) is 5.83. The van der Waals surface area contributed by atoms with Crippen molar-refractivity contribution < 1.29 is 4.57 Å². The van der Waals surface area contributed by atoms with Gasteiger partial charge in [0.2, 0.25) is 0 Å². The number of hydrogen-bond acceptors (Lipinski definition) is 1. The van der Waals surface area contributed by atoms with Crippen molar-refractivity contribution in [2.24, 2.45) is 0 Å². The molecule has 0 saturated heterocycles. The van der Waals surface area contributed by atoms with Crippen molar-refractivity contribution >= 4 is 7.29 Å². The van der Waals surface area contributed by atoms with Gasteiger partial charge in [0.15, 0.2) is 7.29 Å². The molecule has 3 rings (SSSR count). The standard InChI is InChI=1S/C13H16NOP/c15-16(9-3-4-10-16)14-8-7-12-5-1-2-6-13(12)11-14/h1-6H,7-11H2. The van der Waals surface area contributed by atoms with E-state index in [1.165, 1.54) is 11.1 Å². The summed E-state index contributed by atoms with van der Waals surface area (Å²) in [4.78, 5) is 0. The highest BCUT2D eigenvalue weighted by molar-refractivity contribution is 7.62. The molecule has 0 aliphatic carbocycles. The molecular weight excluding hydrogens is 217 g/mol. The number of allylic oxidation sites excluding steroid dienone is 2. The van der Waals surface area contributed by atoms with Crippen LogP contribution in [0.5, 0.6) is 0 Å². The largest absolute Gasteiger partial charge is 0.306 e. The average molecular weight is 233 g/mol. The van der Waals surface area contributed by atoms with Gasteiger partial charge in [-0.1, -0.05) is 36.4 Å². The monoisotopic (exact) mass is 233 g/mol. The van der Waals surface area contributed by atoms with Crippen LogP contribution in [0.25, 0.3) is 0 Å². The van der Waals surface area contributed by atoms with Gasteiger partial charge in [0.1, 0.15) is 0 Å². The van der Waals surface area contributed by atoms with E-state index < -0.39 is 7.29 Å². The Hall–Kier alpha value is -0.850. The maximum atomic E-state index is 12.6. The summed E-state index contributed by atoms with van der Waals surface area (Å²) in [5.74, 6) is 0. The van der Waals surface area contributed by atoms with Crippen LogP contribution in [0.15, 0.2) is 36.4 Å². The van der Waals surface area contributed by atoms with Gasteiger partial charge in [0, 0.05) is 25.4 Å². The lowest BCUT2D eigenvalue weighted by Crippen LogP contribution is -2.28. The van der Waals surface area contributed by atoms with Crippen molar-refractivity contribution in [2.75, 3.05) is 18.9 Å². The van der Waals surface area contributed by atoms with Crippen molar-refractivity contribution in [1.29, 1.82) is 0 Å². The van der Waals surface area contributed by atoms with Crippen LogP contribution in [-0.4, -0.2) is 23.5 Å². The first-order valence-corrected chi connectivity index (χ1v) is 7.86. The van der Waals surface area contributed by atoms with Crippen LogP contribution in [-0.2, 0) is 17.5 Å². The summed E-state index contributed by atoms with van der Waals surface area (Å²) < 4.78 is 14.9. The third-order valence-electron chi connectivity index (χ3n) is 3.57. The smallest absolute Gasteiger partial charge is 0.157 e. The highest BCUT2D eigenvalue weighted by atomic mass is 31.2. The Balaban J connectivity index is 1.85. The molecule has 16 heavy (non-hydrogen) atoms. The van der Waals surface area contributed by atoms with E-state index in [1.807, 2.05) is 0 Å². The first-order chi connectivity index (χ1) is 7.78. The summed E-state index contributed by atoms with van der Waals surface area (Å²) in [6, 6.07) is 8.52. The molecule has 0 bridgehead atoms. The van der Waals surface area contributed by atoms with Crippen LogP contribution in [0.1, 0.15) is 11.1 Å². The molecule has 0 saturated carbocycles. The molecule has 2 nitrogen and oxygen atoms in total. The van der Waals surface area contributed by atoms with E-state index in [9.17, 15) is 4.57 Å². The molecule has 2 aliphatic rings. The lowest BCUT2D eigenvalue weighted by atomic mass is 10.0. The topological polar surface area (TPSA) is 20.3 Å². The molecule has 1 aromatic rings. The predicted molar refractivity (Wildman–Crippen MR) is 67.0 cm³/mol. The lowest BCUT2D eigenvalue weighted by Gasteiger charge is -2.33. The van der Waals surface area contributed by atoms with Crippen LogP contribution < -0.4 is 0 Å². The van der Waals surface area contributed by atoms with Crippen molar-refractivity contribution in [3.63, 3.8) is 0 Å². The second kappa shape index (κ2) is 3.87. The van der Waals surface area contributed by atoms with Gasteiger partial charge in [0.25, 0.3) is 0 Å². The molecule has 0 atom stereocenters. The predicted octanol–water partition coefficient (Wildman–Crippen LogP) is 2.89. The highest BCUT2D eigenvalue weighted by Crippen LogP contribution is 2.54. The van der Waals surface area contributed by atoms with Crippen LogP contribution in [0, 0.1) is 0 Å². The van der Waals surface area contributed by atoms with E-state index in [1.54, 1.807) is 0 Å². The molecule has 0 radical (unpaired) electrons. The van der Waals surface area contributed by atoms with Gasteiger partial charge in [0.05, 0.1) is 0 Å². The van der Waals surface area contributed by atoms with Crippen molar-refractivity contribution in [3.05, 3.63) is 47.5 Å². The van der Waals surface area contributed by atoms with Crippen LogP contribution >= 0.6 is 7.29 Å². The Bertz CT molecular complexity index is 469. The van der Waals surface area contributed by atoms with Crippen molar-refractivity contribution in [3.8, 4) is 0 Å². The number of fused-ring (bicyclic) bond motifs is 1. The summed E-state index contributed by atoms with van der Waals surface area (Å²) in [5, 5.41) is 0. The average Bonchev–Trinajstić information content (AvgIpc) is 2.77. The van der Waals surface area contributed by atoms with Gasteiger partial charge in [-0.25, -0.2) is 4.67 Å². The van der Waals surface area contributed by atoms with Gasteiger partial charge >= 0.3 is 0 Å². The minimum atomic E-state index is -2.08. The summed E-state index contributed by atoms with van der Waals surface area (Å²) >= 11 is 0. The minimum Gasteiger partial charge on any atom is -0.306 e. The van der Waals surface area contributed by atoms with Crippen LogP contribution in [0.3, 0.4) is 0 Å². The number of nitrogens with zero attached hydrogens (tertiary/aromatic N) is 1. The Morgan fingerprint density at radius 3 is 2.50 bits per heavy atom. The van der Waals surface area contributed by atoms with E-state index in [0.29, 0.717) is 0 Å². The third kappa shape index (κ3) is 1.66. The third-order valence-corrected chi connectivity index (χ3v) is 6.51. The fraction of sp³-hybridized carbons (Fsp3) is 0.385. The van der Waals surface area contributed by atoms with Crippen LogP contribution in [0.2, 0.25) is 0 Å². The van der Waals surface area contributed by atoms with E-state index in [0.717, 1.165) is 31.8 Å². The minimum absolute atomic E-state index is 0.773. The molecule has 0 spiro atoms. The molecule has 2 heterocycles. The molecule has 2 aliphatic heterocycles. The van der Waals surface area contributed by atoms with Gasteiger partial charge < -0.3 is 4.57 Å². The summed E-state index contributed by atoms with van der Waals surface area (Å²) in [6.07, 6.45) is 6.73. The number of rotatable bonds is 1. The Morgan fingerprint density at radius 1 is 1.06 bits per heavy atom. The van der Waals surface area contributed by atoms with Gasteiger partial charge in [-0.3, -0.25) is 0 Å². The Morgan fingerprint density at radius 2 is 1.75 bits per heavy atom. The first kappa shape index (κ1) is 10.3. The van der Waals surface area contributed by atoms with E-state index in [-0.39, 0.29) is 0 Å². The Kier molecular flexibility index (Phi) is 2.49. The van der Waals surface area contributed by atoms with Crippen LogP contribution in [0.4, 0.5) is 0 Å². The van der Waals surface area contributed by atoms with Gasteiger partial charge in [-0.05, 0) is 17.5 Å². The molecule has 0 aromatic heterocycles. The zero-order valence-corrected chi connectivity index (χ0v) is 10.2. The highest BCUT2D eigenvalue weighted by Gasteiger charge is 2.32. The fourth-order valence-corrected chi connectivity index (χ4v) is 5.02. The van der Waals surface area contributed by atoms with Crippen molar-refractivity contribution in [1.82, 2.24) is 4.67 Å². The lowest BCUT2D eigenvalue weighted by molar-refractivity contribution is 0.393. The van der Waals surface area contributed by atoms with E-state index in [4.69, 9.17) is 0 Å². The number of hydrogen-bond donors (Lipinski definition) is 0. The molecule has 0 fully saturated rings. The molecule has 3 heteroatoms. The van der Waals surface area contributed by atoms with Gasteiger partial charge in [-0.15, -0.1) is 0 Å². The molecular formula is C13H16NOP. The summed E-state index contributed by atoms with van der Waals surface area (Å²) in [5.41, 5.74) is 2.79. The number of benzene rings is 1. The van der Waals surface area contributed by atoms with Gasteiger partial charge in [-0.2, -0.15) is 0 Å². The second-order valence-corrected chi connectivity index (χ2v) is 7.58. The molecule has 0 unspecified atom stereocenters. The zero-order valence-electron chi connectivity index (χ0n) is 9.30. The maximum Gasteiger partial charge on any atom is 0.157 e. The quantitative estimate of drug-likeness (QED) is 0.549. The SMILES string of the molecule is O=P1(N2CCc3ccccc3C2)CC=CC1. The second-order valence-electron chi connectivity index (χ2n) is 4.59. The fourth-order valence-electron chi connectivity index (χ4n) is 2.58. The molecule has 0 amide bonds. The Labute approximate surface area is 96.4 Å². The van der Waals surface area contributed by atoms with Crippen molar-refractivity contribution in [2.45, 2.75) is 13.0 Å². The molecule has 1 aromatic carbocycles.